The van der Waals surface area contributed by atoms with Gasteiger partial charge in [-0.3, -0.25) is 4.98 Å². The van der Waals surface area contributed by atoms with E-state index in [-0.39, 0.29) is 5.41 Å². The summed E-state index contributed by atoms with van der Waals surface area (Å²) < 4.78 is 5.88. The van der Waals surface area contributed by atoms with E-state index in [1.807, 2.05) is 20.3 Å². The van der Waals surface area contributed by atoms with Crippen LogP contribution >= 0.6 is 0 Å². The third-order valence-electron chi connectivity index (χ3n) is 2.92. The quantitative estimate of drug-likeness (QED) is 0.804. The van der Waals surface area contributed by atoms with Crippen LogP contribution in [0.5, 0.6) is 5.75 Å². The Morgan fingerprint density at radius 1 is 1.29 bits per heavy atom. The molecule has 0 spiro atoms. The lowest BCUT2D eigenvalue weighted by molar-refractivity contribution is 0.302. The molecular formula is C14H22N2O. The first kappa shape index (κ1) is 12.2. The van der Waals surface area contributed by atoms with Crippen molar-refractivity contribution in [3.8, 4) is 5.75 Å². The minimum Gasteiger partial charge on any atom is -0.487 e. The van der Waals surface area contributed by atoms with Crippen LogP contribution in [0.1, 0.15) is 39.3 Å². The second-order valence-corrected chi connectivity index (χ2v) is 6.00. The van der Waals surface area contributed by atoms with Gasteiger partial charge in [-0.05, 0) is 18.9 Å². The summed E-state index contributed by atoms with van der Waals surface area (Å²) in [6.45, 7) is 6.53. The van der Waals surface area contributed by atoms with Crippen molar-refractivity contribution in [2.45, 2.75) is 45.1 Å². The molecule has 0 saturated heterocycles. The fourth-order valence-electron chi connectivity index (χ4n) is 1.65. The van der Waals surface area contributed by atoms with Crippen molar-refractivity contribution in [3.05, 3.63) is 18.0 Å². The molecule has 0 amide bonds. The summed E-state index contributed by atoms with van der Waals surface area (Å²) >= 11 is 0. The first-order valence-electron chi connectivity index (χ1n) is 6.22. The Labute approximate surface area is 104 Å². The zero-order chi connectivity index (χ0) is 12.6. The average molecular weight is 234 g/mol. The maximum Gasteiger partial charge on any atom is 0.161 e. The van der Waals surface area contributed by atoms with Gasteiger partial charge in [0.2, 0.25) is 0 Å². The van der Waals surface area contributed by atoms with E-state index in [1.165, 1.54) is 12.8 Å². The number of rotatable bonds is 3. The van der Waals surface area contributed by atoms with Gasteiger partial charge in [-0.25, -0.2) is 0 Å². The number of hydrogen-bond donors (Lipinski definition) is 0. The van der Waals surface area contributed by atoms with Crippen LogP contribution in [0.3, 0.4) is 0 Å². The van der Waals surface area contributed by atoms with E-state index in [0.717, 1.165) is 17.1 Å². The summed E-state index contributed by atoms with van der Waals surface area (Å²) in [6, 6.07) is 2.14. The first-order valence-corrected chi connectivity index (χ1v) is 6.22. The molecular weight excluding hydrogens is 212 g/mol. The third kappa shape index (κ3) is 2.90. The van der Waals surface area contributed by atoms with Gasteiger partial charge in [0.05, 0.1) is 18.0 Å². The second-order valence-electron chi connectivity index (χ2n) is 6.00. The van der Waals surface area contributed by atoms with Crippen LogP contribution in [-0.4, -0.2) is 25.2 Å². The molecule has 0 atom stereocenters. The summed E-state index contributed by atoms with van der Waals surface area (Å²) in [5.74, 6) is 0.908. The van der Waals surface area contributed by atoms with Crippen molar-refractivity contribution >= 4 is 5.69 Å². The van der Waals surface area contributed by atoms with Crippen molar-refractivity contribution in [1.29, 1.82) is 0 Å². The Bertz CT molecular complexity index is 403. The smallest absolute Gasteiger partial charge is 0.161 e. The molecule has 0 bridgehead atoms. The summed E-state index contributed by atoms with van der Waals surface area (Å²) in [6.07, 6.45) is 4.63. The largest absolute Gasteiger partial charge is 0.487 e. The van der Waals surface area contributed by atoms with E-state index >= 15 is 0 Å². The number of anilines is 1. The fourth-order valence-corrected chi connectivity index (χ4v) is 1.65. The molecule has 0 radical (unpaired) electrons. The molecule has 0 unspecified atom stereocenters. The number of nitrogens with zero attached hydrogens (tertiary/aromatic N) is 2. The highest BCUT2D eigenvalue weighted by atomic mass is 16.5. The lowest BCUT2D eigenvalue weighted by atomic mass is 9.91. The second kappa shape index (κ2) is 4.21. The van der Waals surface area contributed by atoms with Crippen molar-refractivity contribution in [2.24, 2.45) is 0 Å². The van der Waals surface area contributed by atoms with Gasteiger partial charge in [-0.1, -0.05) is 20.8 Å². The molecule has 1 aromatic heterocycles. The topological polar surface area (TPSA) is 25.4 Å². The highest BCUT2D eigenvalue weighted by Crippen LogP contribution is 2.35. The van der Waals surface area contributed by atoms with Gasteiger partial charge in [0.1, 0.15) is 0 Å². The number of ether oxygens (including phenoxy) is 1. The van der Waals surface area contributed by atoms with E-state index in [0.29, 0.717) is 6.10 Å². The molecule has 1 aliphatic carbocycles. The van der Waals surface area contributed by atoms with Crippen LogP contribution in [0, 0.1) is 0 Å². The lowest BCUT2D eigenvalue weighted by Crippen LogP contribution is -2.17. The normalized spacial score (nSPS) is 15.8. The molecule has 1 heterocycles. The van der Waals surface area contributed by atoms with Crippen molar-refractivity contribution in [1.82, 2.24) is 4.98 Å². The molecule has 0 aliphatic heterocycles. The Morgan fingerprint density at radius 2 is 1.94 bits per heavy atom. The SMILES string of the molecule is CN(C)c1cc(C(C)(C)C)ncc1OC1CC1. The molecule has 1 aromatic rings. The lowest BCUT2D eigenvalue weighted by Gasteiger charge is -2.23. The highest BCUT2D eigenvalue weighted by Gasteiger charge is 2.26. The summed E-state index contributed by atoms with van der Waals surface area (Å²) in [5, 5.41) is 0. The van der Waals surface area contributed by atoms with Crippen molar-refractivity contribution in [3.63, 3.8) is 0 Å². The fraction of sp³-hybridized carbons (Fsp3) is 0.643. The van der Waals surface area contributed by atoms with Crippen molar-refractivity contribution in [2.75, 3.05) is 19.0 Å². The zero-order valence-electron chi connectivity index (χ0n) is 11.4. The van der Waals surface area contributed by atoms with E-state index in [4.69, 9.17) is 4.74 Å². The summed E-state index contributed by atoms with van der Waals surface area (Å²) in [4.78, 5) is 6.61. The zero-order valence-corrected chi connectivity index (χ0v) is 11.4. The van der Waals surface area contributed by atoms with E-state index in [2.05, 4.69) is 36.7 Å². The maximum atomic E-state index is 5.88. The molecule has 1 aliphatic rings. The van der Waals surface area contributed by atoms with Gasteiger partial charge in [0, 0.05) is 25.2 Å². The van der Waals surface area contributed by atoms with E-state index in [9.17, 15) is 0 Å². The Hall–Kier alpha value is -1.25. The predicted octanol–water partition coefficient (Wildman–Crippen LogP) is 2.99. The predicted molar refractivity (Wildman–Crippen MR) is 70.9 cm³/mol. The molecule has 3 heteroatoms. The minimum absolute atomic E-state index is 0.0723. The molecule has 0 aromatic carbocycles. The van der Waals surface area contributed by atoms with E-state index in [1.54, 1.807) is 0 Å². The molecule has 3 nitrogen and oxygen atoms in total. The number of pyridine rings is 1. The third-order valence-corrected chi connectivity index (χ3v) is 2.92. The number of aromatic nitrogens is 1. The van der Waals surface area contributed by atoms with Crippen LogP contribution in [0.2, 0.25) is 0 Å². The Kier molecular flexibility index (Phi) is 3.02. The molecule has 1 saturated carbocycles. The van der Waals surface area contributed by atoms with Gasteiger partial charge in [0.15, 0.2) is 5.75 Å². The molecule has 0 N–H and O–H groups in total. The summed E-state index contributed by atoms with van der Waals surface area (Å²) in [7, 11) is 4.09. The van der Waals surface area contributed by atoms with Crippen LogP contribution in [-0.2, 0) is 5.41 Å². The van der Waals surface area contributed by atoms with Gasteiger partial charge in [-0.15, -0.1) is 0 Å². The van der Waals surface area contributed by atoms with Crippen LogP contribution in [0.15, 0.2) is 12.3 Å². The van der Waals surface area contributed by atoms with E-state index < -0.39 is 0 Å². The van der Waals surface area contributed by atoms with Crippen LogP contribution in [0.25, 0.3) is 0 Å². The molecule has 17 heavy (non-hydrogen) atoms. The molecule has 2 rings (SSSR count). The highest BCUT2D eigenvalue weighted by molar-refractivity contribution is 5.58. The first-order chi connectivity index (χ1) is 7.88. The van der Waals surface area contributed by atoms with Gasteiger partial charge in [-0.2, -0.15) is 0 Å². The Morgan fingerprint density at radius 3 is 2.41 bits per heavy atom. The minimum atomic E-state index is 0.0723. The number of hydrogen-bond acceptors (Lipinski definition) is 3. The van der Waals surface area contributed by atoms with Gasteiger partial charge < -0.3 is 9.64 Å². The monoisotopic (exact) mass is 234 g/mol. The maximum absolute atomic E-state index is 5.88. The average Bonchev–Trinajstić information content (AvgIpc) is 3.00. The van der Waals surface area contributed by atoms with Gasteiger partial charge in [0.25, 0.3) is 0 Å². The molecule has 1 fully saturated rings. The Balaban J connectivity index is 2.33. The van der Waals surface area contributed by atoms with Crippen molar-refractivity contribution < 1.29 is 4.74 Å². The van der Waals surface area contributed by atoms with Crippen LogP contribution < -0.4 is 9.64 Å². The standard InChI is InChI=1S/C14H22N2O/c1-14(2,3)13-8-11(16(4)5)12(9-15-13)17-10-6-7-10/h8-10H,6-7H2,1-5H3. The summed E-state index contributed by atoms with van der Waals surface area (Å²) in [5.41, 5.74) is 2.30. The molecule has 94 valence electrons. The van der Waals surface area contributed by atoms with Gasteiger partial charge >= 0.3 is 0 Å². The van der Waals surface area contributed by atoms with Crippen LogP contribution in [0.4, 0.5) is 5.69 Å².